The fraction of sp³-hybridized carbons (Fsp3) is 0.286. The maximum absolute atomic E-state index is 4.96. The van der Waals surface area contributed by atoms with Crippen LogP contribution >= 0.6 is 0 Å². The first-order valence-corrected chi connectivity index (χ1v) is 3.18. The molecule has 0 aromatic heterocycles. The van der Waals surface area contributed by atoms with E-state index in [4.69, 9.17) is 11.3 Å². The molecule has 0 spiro atoms. The Bertz CT molecular complexity index is 214. The number of nitrogens with zero attached hydrogens (tertiary/aromatic N) is 1. The highest BCUT2D eigenvalue weighted by molar-refractivity contribution is 5.57. The van der Waals surface area contributed by atoms with Gasteiger partial charge in [0.1, 0.15) is 6.61 Å². The zero-order valence-corrected chi connectivity index (χ0v) is 6.00. The standard InChI is InChI=1S/C7H9N3O/c1-2-3-11-10-7-4-8-6-9-5-7/h1,4,6,10H,3,5H2,(H,8,9). The van der Waals surface area contributed by atoms with Gasteiger partial charge < -0.3 is 5.32 Å². The monoisotopic (exact) mass is 151 g/mol. The molecule has 1 aliphatic rings. The maximum Gasteiger partial charge on any atom is 0.135 e. The van der Waals surface area contributed by atoms with Crippen LogP contribution in [-0.2, 0) is 4.84 Å². The van der Waals surface area contributed by atoms with Crippen molar-refractivity contribution >= 4 is 6.34 Å². The molecular weight excluding hydrogens is 142 g/mol. The first-order chi connectivity index (χ1) is 5.43. The molecule has 58 valence electrons. The summed E-state index contributed by atoms with van der Waals surface area (Å²) in [6.07, 6.45) is 8.35. The van der Waals surface area contributed by atoms with E-state index >= 15 is 0 Å². The first kappa shape index (κ1) is 7.63. The molecule has 0 aromatic carbocycles. The second-order valence-electron chi connectivity index (χ2n) is 1.90. The van der Waals surface area contributed by atoms with Gasteiger partial charge in [0.2, 0.25) is 0 Å². The summed E-state index contributed by atoms with van der Waals surface area (Å²) in [6.45, 7) is 0.846. The molecule has 11 heavy (non-hydrogen) atoms. The molecule has 0 aromatic rings. The third-order valence-electron chi connectivity index (χ3n) is 1.04. The fourth-order valence-electron chi connectivity index (χ4n) is 0.612. The van der Waals surface area contributed by atoms with Crippen molar-refractivity contribution < 1.29 is 4.84 Å². The Hall–Kier alpha value is -1.47. The van der Waals surface area contributed by atoms with E-state index in [2.05, 4.69) is 21.7 Å². The summed E-state index contributed by atoms with van der Waals surface area (Å²) in [4.78, 5) is 8.79. The summed E-state index contributed by atoms with van der Waals surface area (Å²) in [5.41, 5.74) is 3.53. The molecule has 0 bridgehead atoms. The van der Waals surface area contributed by atoms with Gasteiger partial charge in [-0.1, -0.05) is 5.92 Å². The number of rotatable bonds is 3. The van der Waals surface area contributed by atoms with E-state index in [9.17, 15) is 0 Å². The summed E-state index contributed by atoms with van der Waals surface area (Å²) in [5.74, 6) is 2.34. The number of hydrogen-bond donors (Lipinski definition) is 2. The lowest BCUT2D eigenvalue weighted by Gasteiger charge is -2.09. The quantitative estimate of drug-likeness (QED) is 0.328. The summed E-state index contributed by atoms with van der Waals surface area (Å²) in [7, 11) is 0. The van der Waals surface area contributed by atoms with E-state index in [1.165, 1.54) is 0 Å². The molecule has 0 amide bonds. The van der Waals surface area contributed by atoms with Crippen molar-refractivity contribution in [2.45, 2.75) is 0 Å². The second-order valence-corrected chi connectivity index (χ2v) is 1.90. The van der Waals surface area contributed by atoms with Gasteiger partial charge in [0, 0.05) is 6.20 Å². The molecule has 0 fully saturated rings. The van der Waals surface area contributed by atoms with Crippen LogP contribution in [0.15, 0.2) is 16.9 Å². The summed E-state index contributed by atoms with van der Waals surface area (Å²) in [5, 5.41) is 2.81. The minimum absolute atomic E-state index is 0.251. The number of hydroxylamine groups is 1. The Kier molecular flexibility index (Phi) is 3.03. The molecule has 0 saturated carbocycles. The minimum atomic E-state index is 0.251. The predicted octanol–water partition coefficient (Wildman–Crippen LogP) is -0.386. The fourth-order valence-corrected chi connectivity index (χ4v) is 0.612. The Morgan fingerprint density at radius 2 is 2.82 bits per heavy atom. The smallest absolute Gasteiger partial charge is 0.135 e. The molecule has 1 aliphatic heterocycles. The zero-order chi connectivity index (χ0) is 7.94. The number of hydrogen-bond acceptors (Lipinski definition) is 4. The number of aliphatic imine (C=N–C) groups is 1. The molecule has 4 heteroatoms. The van der Waals surface area contributed by atoms with Crippen LogP contribution in [-0.4, -0.2) is 19.5 Å². The average Bonchev–Trinajstić information content (AvgIpc) is 2.07. The van der Waals surface area contributed by atoms with Gasteiger partial charge in [-0.05, 0) is 0 Å². The van der Waals surface area contributed by atoms with Crippen molar-refractivity contribution in [2.24, 2.45) is 4.99 Å². The van der Waals surface area contributed by atoms with Gasteiger partial charge in [0.05, 0.1) is 18.6 Å². The summed E-state index contributed by atoms with van der Waals surface area (Å²) >= 11 is 0. The summed E-state index contributed by atoms with van der Waals surface area (Å²) in [6, 6.07) is 0. The van der Waals surface area contributed by atoms with Gasteiger partial charge in [-0.25, -0.2) is 0 Å². The van der Waals surface area contributed by atoms with Crippen molar-refractivity contribution in [3.8, 4) is 12.3 Å². The molecule has 0 saturated heterocycles. The molecule has 2 N–H and O–H groups in total. The van der Waals surface area contributed by atoms with Crippen LogP contribution in [0.5, 0.6) is 0 Å². The largest absolute Gasteiger partial charge is 0.351 e. The van der Waals surface area contributed by atoms with Crippen molar-refractivity contribution in [1.29, 1.82) is 0 Å². The first-order valence-electron chi connectivity index (χ1n) is 3.18. The highest BCUT2D eigenvalue weighted by atomic mass is 16.6. The molecule has 0 aliphatic carbocycles. The highest BCUT2D eigenvalue weighted by Gasteiger charge is 1.96. The molecular formula is C7H9N3O. The van der Waals surface area contributed by atoms with Crippen LogP contribution in [0.3, 0.4) is 0 Å². The lowest BCUT2D eigenvalue weighted by atomic mass is 10.4. The molecule has 4 nitrogen and oxygen atoms in total. The average molecular weight is 151 g/mol. The van der Waals surface area contributed by atoms with E-state index < -0.39 is 0 Å². The SMILES string of the molecule is C#CCONC1=CNC=NC1. The van der Waals surface area contributed by atoms with Crippen LogP contribution in [0.2, 0.25) is 0 Å². The van der Waals surface area contributed by atoms with Crippen molar-refractivity contribution in [3.05, 3.63) is 11.9 Å². The van der Waals surface area contributed by atoms with Gasteiger partial charge in [-0.3, -0.25) is 15.3 Å². The van der Waals surface area contributed by atoms with E-state index in [0.717, 1.165) is 5.70 Å². The van der Waals surface area contributed by atoms with E-state index in [0.29, 0.717) is 6.54 Å². The van der Waals surface area contributed by atoms with Gasteiger partial charge in [-0.2, -0.15) is 0 Å². The van der Waals surface area contributed by atoms with Gasteiger partial charge in [0.15, 0.2) is 0 Å². The molecule has 1 rings (SSSR count). The Balaban J connectivity index is 2.17. The third kappa shape index (κ3) is 2.74. The van der Waals surface area contributed by atoms with E-state index in [1.807, 2.05) is 0 Å². The molecule has 0 atom stereocenters. The van der Waals surface area contributed by atoms with Crippen LogP contribution in [0.1, 0.15) is 0 Å². The van der Waals surface area contributed by atoms with Crippen molar-refractivity contribution in [2.75, 3.05) is 13.2 Å². The normalized spacial score (nSPS) is 14.6. The lowest BCUT2D eigenvalue weighted by molar-refractivity contribution is 0.0889. The molecule has 0 radical (unpaired) electrons. The Morgan fingerprint density at radius 3 is 3.45 bits per heavy atom. The maximum atomic E-state index is 4.96. The predicted molar refractivity (Wildman–Crippen MR) is 42.5 cm³/mol. The zero-order valence-electron chi connectivity index (χ0n) is 6.00. The van der Waals surface area contributed by atoms with Crippen molar-refractivity contribution in [3.63, 3.8) is 0 Å². The lowest BCUT2D eigenvalue weighted by Crippen LogP contribution is -2.22. The second kappa shape index (κ2) is 4.36. The van der Waals surface area contributed by atoms with Crippen LogP contribution < -0.4 is 10.8 Å². The number of nitrogens with one attached hydrogen (secondary N) is 2. The Labute approximate surface area is 65.3 Å². The highest BCUT2D eigenvalue weighted by Crippen LogP contribution is 1.90. The van der Waals surface area contributed by atoms with Crippen molar-refractivity contribution in [1.82, 2.24) is 10.8 Å². The Morgan fingerprint density at radius 1 is 1.91 bits per heavy atom. The minimum Gasteiger partial charge on any atom is -0.351 e. The van der Waals surface area contributed by atoms with Crippen LogP contribution in [0, 0.1) is 12.3 Å². The summed E-state index contributed by atoms with van der Waals surface area (Å²) < 4.78 is 0. The van der Waals surface area contributed by atoms with Crippen LogP contribution in [0.4, 0.5) is 0 Å². The van der Waals surface area contributed by atoms with E-state index in [1.54, 1.807) is 12.5 Å². The van der Waals surface area contributed by atoms with E-state index in [-0.39, 0.29) is 6.61 Å². The van der Waals surface area contributed by atoms with Gasteiger partial charge in [0.25, 0.3) is 0 Å². The van der Waals surface area contributed by atoms with Crippen LogP contribution in [0.25, 0.3) is 0 Å². The third-order valence-corrected chi connectivity index (χ3v) is 1.04. The number of terminal acetylenes is 1. The molecule has 0 unspecified atom stereocenters. The topological polar surface area (TPSA) is 45.6 Å². The van der Waals surface area contributed by atoms with Gasteiger partial charge in [-0.15, -0.1) is 6.42 Å². The molecule has 1 heterocycles. The van der Waals surface area contributed by atoms with Gasteiger partial charge >= 0.3 is 0 Å².